The first-order valence-corrected chi connectivity index (χ1v) is 8.51. The predicted octanol–water partition coefficient (Wildman–Crippen LogP) is 3.06. The van der Waals surface area contributed by atoms with E-state index in [1.807, 2.05) is 17.0 Å². The van der Waals surface area contributed by atoms with Gasteiger partial charge in [-0.25, -0.2) is 0 Å². The summed E-state index contributed by atoms with van der Waals surface area (Å²) in [5.74, 6) is 0.200. The van der Waals surface area contributed by atoms with Gasteiger partial charge in [0.15, 0.2) is 0 Å². The minimum absolute atomic E-state index is 0.200. The second-order valence-electron chi connectivity index (χ2n) is 6.48. The van der Waals surface area contributed by atoms with Crippen LogP contribution in [0.2, 0.25) is 0 Å². The highest BCUT2D eigenvalue weighted by molar-refractivity contribution is 5.97. The Kier molecular flexibility index (Phi) is 3.88. The highest BCUT2D eigenvalue weighted by Crippen LogP contribution is 2.26. The summed E-state index contributed by atoms with van der Waals surface area (Å²) >= 11 is 0. The summed E-state index contributed by atoms with van der Waals surface area (Å²) in [6.07, 6.45) is 2.26. The second kappa shape index (κ2) is 6.17. The maximum Gasteiger partial charge on any atom is 0.254 e. The summed E-state index contributed by atoms with van der Waals surface area (Å²) < 4.78 is 0. The average molecular weight is 306 g/mol. The van der Waals surface area contributed by atoms with Crippen LogP contribution in [0, 0.1) is 0 Å². The number of rotatable bonds is 4. The van der Waals surface area contributed by atoms with Crippen LogP contribution in [0.5, 0.6) is 0 Å². The minimum atomic E-state index is 0.200. The molecule has 118 valence electrons. The molecule has 4 rings (SSSR count). The van der Waals surface area contributed by atoms with Gasteiger partial charge in [0.2, 0.25) is 0 Å². The number of likely N-dealkylation sites (tertiary alicyclic amines) is 1. The molecule has 2 aliphatic rings. The van der Waals surface area contributed by atoms with E-state index in [2.05, 4.69) is 41.3 Å². The number of carbonyl (C=O) groups is 1. The molecule has 0 bridgehead atoms. The Hall–Kier alpha value is -2.13. The number of amides is 1. The van der Waals surface area contributed by atoms with Gasteiger partial charge in [0.25, 0.3) is 5.91 Å². The molecule has 3 nitrogen and oxygen atoms in total. The number of benzene rings is 2. The molecule has 23 heavy (non-hydrogen) atoms. The Labute approximate surface area is 137 Å². The normalized spacial score (nSPS) is 17.7. The van der Waals surface area contributed by atoms with Gasteiger partial charge in [0.05, 0.1) is 0 Å². The Balaban J connectivity index is 1.51. The molecule has 1 saturated heterocycles. The van der Waals surface area contributed by atoms with Gasteiger partial charge in [0.1, 0.15) is 0 Å². The highest BCUT2D eigenvalue weighted by Gasteiger charge is 2.25. The minimum Gasteiger partial charge on any atom is -0.337 e. The summed E-state index contributed by atoms with van der Waals surface area (Å²) in [5, 5.41) is 0. The lowest BCUT2D eigenvalue weighted by molar-refractivity contribution is 0.0696. The van der Waals surface area contributed by atoms with E-state index in [0.29, 0.717) is 0 Å². The van der Waals surface area contributed by atoms with Crippen molar-refractivity contribution in [2.24, 2.45) is 0 Å². The lowest BCUT2D eigenvalue weighted by Crippen LogP contribution is -2.46. The summed E-state index contributed by atoms with van der Waals surface area (Å²) in [6, 6.07) is 16.6. The number of hydrogen-bond donors (Lipinski definition) is 0. The number of hydrogen-bond acceptors (Lipinski definition) is 2. The first-order valence-electron chi connectivity index (χ1n) is 8.51. The third kappa shape index (κ3) is 2.89. The predicted molar refractivity (Wildman–Crippen MR) is 92.5 cm³/mol. The molecule has 0 atom stereocenters. The molecule has 0 spiro atoms. The van der Waals surface area contributed by atoms with Crippen molar-refractivity contribution in [3.8, 4) is 11.1 Å². The van der Waals surface area contributed by atoms with Crippen LogP contribution >= 0.6 is 0 Å². The van der Waals surface area contributed by atoms with Gasteiger partial charge in [-0.15, -0.1) is 0 Å². The van der Waals surface area contributed by atoms with Crippen molar-refractivity contribution in [2.45, 2.75) is 12.8 Å². The molecule has 2 aromatic rings. The lowest BCUT2D eigenvalue weighted by atomic mass is 9.94. The maximum atomic E-state index is 12.7. The fourth-order valence-corrected chi connectivity index (χ4v) is 3.43. The largest absolute Gasteiger partial charge is 0.337 e. The van der Waals surface area contributed by atoms with Crippen molar-refractivity contribution < 1.29 is 4.79 Å². The van der Waals surface area contributed by atoms with Gasteiger partial charge in [-0.1, -0.05) is 42.5 Å². The van der Waals surface area contributed by atoms with Crippen molar-refractivity contribution in [1.29, 1.82) is 0 Å². The van der Waals surface area contributed by atoms with E-state index in [0.717, 1.165) is 31.6 Å². The van der Waals surface area contributed by atoms with E-state index in [9.17, 15) is 4.79 Å². The fourth-order valence-electron chi connectivity index (χ4n) is 3.43. The standard InChI is InChI=1S/C20H22N2O/c23-20-19-8-7-17(16-5-2-1-3-6-16)15-18(19)9-12-22(20)14-13-21-10-4-11-21/h1-3,5-8,15H,4,9-14H2. The Morgan fingerprint density at radius 2 is 1.70 bits per heavy atom. The van der Waals surface area contributed by atoms with Gasteiger partial charge in [-0.2, -0.15) is 0 Å². The average Bonchev–Trinajstić information content (AvgIpc) is 2.56. The maximum absolute atomic E-state index is 12.7. The van der Waals surface area contributed by atoms with Crippen molar-refractivity contribution in [1.82, 2.24) is 9.80 Å². The van der Waals surface area contributed by atoms with Crippen LogP contribution < -0.4 is 0 Å². The van der Waals surface area contributed by atoms with E-state index in [-0.39, 0.29) is 5.91 Å². The van der Waals surface area contributed by atoms with Gasteiger partial charge in [-0.3, -0.25) is 4.79 Å². The van der Waals surface area contributed by atoms with Gasteiger partial charge < -0.3 is 9.80 Å². The molecule has 1 fully saturated rings. The Morgan fingerprint density at radius 1 is 0.870 bits per heavy atom. The molecule has 0 saturated carbocycles. The van der Waals surface area contributed by atoms with Crippen molar-refractivity contribution in [3.05, 3.63) is 59.7 Å². The Bertz CT molecular complexity index is 707. The smallest absolute Gasteiger partial charge is 0.254 e. The summed E-state index contributed by atoms with van der Waals surface area (Å²) in [5.41, 5.74) is 4.49. The van der Waals surface area contributed by atoms with Crippen LogP contribution in [0.4, 0.5) is 0 Å². The summed E-state index contributed by atoms with van der Waals surface area (Å²) in [6.45, 7) is 5.11. The molecule has 0 radical (unpaired) electrons. The zero-order valence-electron chi connectivity index (χ0n) is 13.4. The lowest BCUT2D eigenvalue weighted by Gasteiger charge is -2.35. The van der Waals surface area contributed by atoms with Crippen LogP contribution in [-0.4, -0.2) is 48.4 Å². The third-order valence-electron chi connectivity index (χ3n) is 5.02. The van der Waals surface area contributed by atoms with E-state index in [1.54, 1.807) is 0 Å². The van der Waals surface area contributed by atoms with Crippen molar-refractivity contribution in [3.63, 3.8) is 0 Å². The second-order valence-corrected chi connectivity index (χ2v) is 6.48. The van der Waals surface area contributed by atoms with Crippen LogP contribution in [0.1, 0.15) is 22.3 Å². The molecule has 1 amide bonds. The Morgan fingerprint density at radius 3 is 2.43 bits per heavy atom. The van der Waals surface area contributed by atoms with Crippen molar-refractivity contribution in [2.75, 3.05) is 32.7 Å². The van der Waals surface area contributed by atoms with Crippen LogP contribution in [0.15, 0.2) is 48.5 Å². The summed E-state index contributed by atoms with van der Waals surface area (Å²) in [7, 11) is 0. The molecule has 2 heterocycles. The van der Waals surface area contributed by atoms with E-state index >= 15 is 0 Å². The topological polar surface area (TPSA) is 23.6 Å². The van der Waals surface area contributed by atoms with Gasteiger partial charge in [0, 0.05) is 25.2 Å². The van der Waals surface area contributed by atoms with Crippen LogP contribution in [0.3, 0.4) is 0 Å². The highest BCUT2D eigenvalue weighted by atomic mass is 16.2. The molecule has 0 N–H and O–H groups in total. The SMILES string of the molecule is O=C1c2ccc(-c3ccccc3)cc2CCN1CCN1CCC1. The fraction of sp³-hybridized carbons (Fsp3) is 0.350. The molecule has 2 aliphatic heterocycles. The quantitative estimate of drug-likeness (QED) is 0.867. The van der Waals surface area contributed by atoms with Crippen LogP contribution in [0.25, 0.3) is 11.1 Å². The molecular formula is C20H22N2O. The molecule has 0 aliphatic carbocycles. The zero-order chi connectivity index (χ0) is 15.6. The third-order valence-corrected chi connectivity index (χ3v) is 5.02. The van der Waals surface area contributed by atoms with Crippen LogP contribution in [-0.2, 0) is 6.42 Å². The molecule has 0 unspecified atom stereocenters. The monoisotopic (exact) mass is 306 g/mol. The molecule has 0 aromatic heterocycles. The first-order chi connectivity index (χ1) is 11.3. The number of nitrogens with zero attached hydrogens (tertiary/aromatic N) is 2. The van der Waals surface area contributed by atoms with E-state index in [1.165, 1.54) is 36.2 Å². The molecule has 2 aromatic carbocycles. The zero-order valence-corrected chi connectivity index (χ0v) is 13.4. The van der Waals surface area contributed by atoms with E-state index < -0.39 is 0 Å². The molecule has 3 heteroatoms. The van der Waals surface area contributed by atoms with Gasteiger partial charge >= 0.3 is 0 Å². The van der Waals surface area contributed by atoms with Gasteiger partial charge in [-0.05, 0) is 48.7 Å². The first kappa shape index (κ1) is 14.5. The number of carbonyl (C=O) groups excluding carboxylic acids is 1. The molecular weight excluding hydrogens is 284 g/mol. The van der Waals surface area contributed by atoms with E-state index in [4.69, 9.17) is 0 Å². The van der Waals surface area contributed by atoms with Crippen molar-refractivity contribution >= 4 is 5.91 Å². The number of fused-ring (bicyclic) bond motifs is 1. The summed E-state index contributed by atoms with van der Waals surface area (Å²) in [4.78, 5) is 17.1.